The molecule has 0 fully saturated rings. The molecule has 0 aliphatic heterocycles. The van der Waals surface area contributed by atoms with E-state index < -0.39 is 29.4 Å². The molecule has 0 spiro atoms. The van der Waals surface area contributed by atoms with Crippen molar-refractivity contribution in [3.8, 4) is 0 Å². The van der Waals surface area contributed by atoms with Crippen molar-refractivity contribution in [2.75, 3.05) is 5.32 Å². The molecule has 7 heteroatoms. The number of carboxylic acid groups (broad SMARTS) is 1. The smallest absolute Gasteiger partial charge is 0.413 e. The van der Waals surface area contributed by atoms with Crippen molar-refractivity contribution in [1.82, 2.24) is 4.98 Å². The highest BCUT2D eigenvalue weighted by atomic mass is 19.1. The summed E-state index contributed by atoms with van der Waals surface area (Å²) in [6, 6.07) is 1.90. The molecule has 98 valence electrons. The zero-order valence-corrected chi connectivity index (χ0v) is 10.2. The number of nitrogens with one attached hydrogen (secondary N) is 1. The number of aromatic carboxylic acids is 1. The van der Waals surface area contributed by atoms with Crippen molar-refractivity contribution in [2.45, 2.75) is 26.4 Å². The van der Waals surface area contributed by atoms with Gasteiger partial charge in [0.15, 0.2) is 5.82 Å². The average Bonchev–Trinajstić information content (AvgIpc) is 2.13. The first-order valence-electron chi connectivity index (χ1n) is 5.09. The molecule has 0 aromatic carbocycles. The lowest BCUT2D eigenvalue weighted by Crippen LogP contribution is -2.28. The molecule has 1 rings (SSSR count). The average molecular weight is 256 g/mol. The fraction of sp³-hybridized carbons (Fsp3) is 0.364. The number of rotatable bonds is 2. The third kappa shape index (κ3) is 4.00. The normalized spacial score (nSPS) is 10.9. The van der Waals surface area contributed by atoms with E-state index in [1.807, 2.05) is 0 Å². The SMILES string of the molecule is CC(C)(C)OC(=O)Nc1nc(F)ccc1C(=O)O. The summed E-state index contributed by atoms with van der Waals surface area (Å²) in [6.45, 7) is 4.93. The fourth-order valence-corrected chi connectivity index (χ4v) is 1.10. The molecule has 6 nitrogen and oxygen atoms in total. The first-order valence-corrected chi connectivity index (χ1v) is 5.09. The minimum atomic E-state index is -1.33. The van der Waals surface area contributed by atoms with Crippen molar-refractivity contribution >= 4 is 17.9 Å². The van der Waals surface area contributed by atoms with E-state index in [0.717, 1.165) is 12.1 Å². The minimum Gasteiger partial charge on any atom is -0.478 e. The summed E-state index contributed by atoms with van der Waals surface area (Å²) in [5, 5.41) is 10.9. The van der Waals surface area contributed by atoms with Gasteiger partial charge in [-0.25, -0.2) is 14.6 Å². The highest BCUT2D eigenvalue weighted by Crippen LogP contribution is 2.15. The van der Waals surface area contributed by atoms with Crippen LogP contribution in [0.3, 0.4) is 0 Å². The molecule has 0 radical (unpaired) electrons. The zero-order valence-electron chi connectivity index (χ0n) is 10.2. The molecule has 18 heavy (non-hydrogen) atoms. The summed E-state index contributed by atoms with van der Waals surface area (Å²) in [5.41, 5.74) is -1.07. The molecule has 0 saturated carbocycles. The standard InChI is InChI=1S/C11H13FN2O4/c1-11(2,3)18-10(17)14-8-6(9(15)16)4-5-7(12)13-8/h4-5H,1-3H3,(H,15,16)(H,13,14,17). The monoisotopic (exact) mass is 256 g/mol. The summed E-state index contributed by atoms with van der Waals surface area (Å²) in [5.74, 6) is -2.61. The molecular formula is C11H13FN2O4. The van der Waals surface area contributed by atoms with E-state index in [4.69, 9.17) is 9.84 Å². The van der Waals surface area contributed by atoms with Gasteiger partial charge < -0.3 is 9.84 Å². The van der Waals surface area contributed by atoms with Crippen LogP contribution in [0.5, 0.6) is 0 Å². The van der Waals surface area contributed by atoms with Crippen molar-refractivity contribution in [3.05, 3.63) is 23.6 Å². The van der Waals surface area contributed by atoms with Crippen LogP contribution < -0.4 is 5.32 Å². The molecular weight excluding hydrogens is 243 g/mol. The summed E-state index contributed by atoms with van der Waals surface area (Å²) in [4.78, 5) is 25.6. The van der Waals surface area contributed by atoms with E-state index in [-0.39, 0.29) is 5.56 Å². The Kier molecular flexibility index (Phi) is 3.85. The second kappa shape index (κ2) is 4.99. The number of ether oxygens (including phenoxy) is 1. The summed E-state index contributed by atoms with van der Waals surface area (Å²) in [6.07, 6.45) is -0.900. The molecule has 1 aromatic heterocycles. The summed E-state index contributed by atoms with van der Waals surface area (Å²) >= 11 is 0. The van der Waals surface area contributed by atoms with Crippen LogP contribution in [0, 0.1) is 5.95 Å². The molecule has 0 unspecified atom stereocenters. The Morgan fingerprint density at radius 1 is 1.39 bits per heavy atom. The molecule has 2 N–H and O–H groups in total. The Morgan fingerprint density at radius 2 is 2.00 bits per heavy atom. The minimum absolute atomic E-state index is 0.317. The molecule has 0 saturated heterocycles. The highest BCUT2D eigenvalue weighted by Gasteiger charge is 2.20. The van der Waals surface area contributed by atoms with E-state index in [1.54, 1.807) is 20.8 Å². The fourth-order valence-electron chi connectivity index (χ4n) is 1.10. The van der Waals surface area contributed by atoms with Gasteiger partial charge in [-0.3, -0.25) is 5.32 Å². The third-order valence-corrected chi connectivity index (χ3v) is 1.71. The zero-order chi connectivity index (χ0) is 13.9. The quantitative estimate of drug-likeness (QED) is 0.792. The number of nitrogens with zero attached hydrogens (tertiary/aromatic N) is 1. The van der Waals surface area contributed by atoms with Crippen LogP contribution in [0.15, 0.2) is 12.1 Å². The van der Waals surface area contributed by atoms with E-state index in [2.05, 4.69) is 10.3 Å². The van der Waals surface area contributed by atoms with Crippen LogP contribution in [0.1, 0.15) is 31.1 Å². The van der Waals surface area contributed by atoms with Crippen molar-refractivity contribution < 1.29 is 23.8 Å². The third-order valence-electron chi connectivity index (χ3n) is 1.71. The number of pyridine rings is 1. The number of amides is 1. The van der Waals surface area contributed by atoms with Gasteiger partial charge in [0.2, 0.25) is 5.95 Å². The van der Waals surface area contributed by atoms with E-state index in [1.165, 1.54) is 0 Å². The number of hydrogen-bond acceptors (Lipinski definition) is 4. The predicted molar refractivity (Wildman–Crippen MR) is 61.0 cm³/mol. The Morgan fingerprint density at radius 3 is 2.50 bits per heavy atom. The van der Waals surface area contributed by atoms with Crippen LogP contribution in [-0.2, 0) is 4.74 Å². The van der Waals surface area contributed by atoms with Gasteiger partial charge in [0.1, 0.15) is 11.2 Å². The Hall–Kier alpha value is -2.18. The topological polar surface area (TPSA) is 88.5 Å². The molecule has 1 aromatic rings. The largest absolute Gasteiger partial charge is 0.478 e. The molecule has 0 aliphatic carbocycles. The number of carboxylic acids is 1. The lowest BCUT2D eigenvalue weighted by atomic mass is 10.2. The maximum atomic E-state index is 12.9. The number of carbonyl (C=O) groups is 2. The van der Waals surface area contributed by atoms with Crippen LogP contribution in [0.25, 0.3) is 0 Å². The Balaban J connectivity index is 2.93. The maximum absolute atomic E-state index is 12.9. The lowest BCUT2D eigenvalue weighted by molar-refractivity contribution is 0.0635. The van der Waals surface area contributed by atoms with Gasteiger partial charge in [-0.2, -0.15) is 4.39 Å². The van der Waals surface area contributed by atoms with Crippen LogP contribution in [-0.4, -0.2) is 27.8 Å². The number of hydrogen-bond donors (Lipinski definition) is 2. The Bertz CT molecular complexity index is 482. The van der Waals surface area contributed by atoms with Crippen LogP contribution >= 0.6 is 0 Å². The van der Waals surface area contributed by atoms with Crippen LogP contribution in [0.2, 0.25) is 0 Å². The second-order valence-corrected chi connectivity index (χ2v) is 4.46. The van der Waals surface area contributed by atoms with E-state index in [9.17, 15) is 14.0 Å². The number of anilines is 1. The summed E-state index contributed by atoms with van der Waals surface area (Å²) < 4.78 is 17.8. The van der Waals surface area contributed by atoms with Gasteiger partial charge in [-0.15, -0.1) is 0 Å². The molecule has 0 atom stereocenters. The molecule has 1 heterocycles. The first-order chi connectivity index (χ1) is 8.19. The van der Waals surface area contributed by atoms with Crippen LogP contribution in [0.4, 0.5) is 15.0 Å². The van der Waals surface area contributed by atoms with Crippen molar-refractivity contribution in [2.24, 2.45) is 0 Å². The van der Waals surface area contributed by atoms with Gasteiger partial charge in [-0.05, 0) is 32.9 Å². The summed E-state index contributed by atoms with van der Waals surface area (Å²) in [7, 11) is 0. The van der Waals surface area contributed by atoms with Crippen molar-refractivity contribution in [1.29, 1.82) is 0 Å². The van der Waals surface area contributed by atoms with Gasteiger partial charge in [0, 0.05) is 0 Å². The number of aromatic nitrogens is 1. The lowest BCUT2D eigenvalue weighted by Gasteiger charge is -2.19. The maximum Gasteiger partial charge on any atom is 0.413 e. The van der Waals surface area contributed by atoms with Gasteiger partial charge >= 0.3 is 12.1 Å². The molecule has 1 amide bonds. The van der Waals surface area contributed by atoms with E-state index in [0.29, 0.717) is 0 Å². The van der Waals surface area contributed by atoms with E-state index >= 15 is 0 Å². The van der Waals surface area contributed by atoms with Gasteiger partial charge in [-0.1, -0.05) is 0 Å². The number of halogens is 1. The predicted octanol–water partition coefficient (Wildman–Crippen LogP) is 2.27. The molecule has 0 bridgehead atoms. The van der Waals surface area contributed by atoms with Gasteiger partial charge in [0.05, 0.1) is 0 Å². The highest BCUT2D eigenvalue weighted by molar-refractivity contribution is 5.97. The van der Waals surface area contributed by atoms with Gasteiger partial charge in [0.25, 0.3) is 0 Å². The first kappa shape index (κ1) is 13.9. The second-order valence-electron chi connectivity index (χ2n) is 4.46. The number of carbonyl (C=O) groups excluding carboxylic acids is 1. The Labute approximate surface area is 103 Å². The molecule has 0 aliphatic rings. The van der Waals surface area contributed by atoms with Crippen molar-refractivity contribution in [3.63, 3.8) is 0 Å².